The second kappa shape index (κ2) is 7.13. The lowest BCUT2D eigenvalue weighted by atomic mass is 10.2. The highest BCUT2D eigenvalue weighted by atomic mass is 16.5. The maximum Gasteiger partial charge on any atom is 0.317 e. The van der Waals surface area contributed by atoms with Crippen LogP contribution >= 0.6 is 0 Å². The number of amides is 2. The Labute approximate surface area is 113 Å². The minimum absolute atomic E-state index is 0.0207. The summed E-state index contributed by atoms with van der Waals surface area (Å²) in [6.07, 6.45) is 7.52. The Balaban J connectivity index is 1.63. The number of nitrogens with zero attached hydrogens (tertiary/aromatic N) is 3. The molecule has 2 heterocycles. The standard InChI is InChI=1S/C13H22N4O2/c1-2-12-10-17(8-9-19-12)13(18)15-4-3-6-16-7-5-14-11-16/h5,7,11-12H,2-4,6,8-10H2,1H3,(H,15,18). The minimum Gasteiger partial charge on any atom is -0.375 e. The highest BCUT2D eigenvalue weighted by Gasteiger charge is 2.22. The molecule has 1 unspecified atom stereocenters. The summed E-state index contributed by atoms with van der Waals surface area (Å²) in [6, 6.07) is 0.0207. The minimum atomic E-state index is 0.0207. The molecule has 2 amide bonds. The lowest BCUT2D eigenvalue weighted by Gasteiger charge is -2.32. The molecule has 0 aliphatic carbocycles. The lowest BCUT2D eigenvalue weighted by molar-refractivity contribution is -0.0153. The molecule has 2 rings (SSSR count). The third kappa shape index (κ3) is 4.24. The van der Waals surface area contributed by atoms with Crippen molar-refractivity contribution in [1.29, 1.82) is 0 Å². The van der Waals surface area contributed by atoms with Crippen LogP contribution in [0.2, 0.25) is 0 Å². The van der Waals surface area contributed by atoms with Gasteiger partial charge in [0.2, 0.25) is 0 Å². The van der Waals surface area contributed by atoms with E-state index in [0.717, 1.165) is 19.4 Å². The number of carbonyl (C=O) groups is 1. The van der Waals surface area contributed by atoms with Gasteiger partial charge >= 0.3 is 6.03 Å². The molecule has 1 atom stereocenters. The number of hydrogen-bond acceptors (Lipinski definition) is 3. The summed E-state index contributed by atoms with van der Waals surface area (Å²) in [6.45, 7) is 5.66. The first kappa shape index (κ1) is 13.9. The van der Waals surface area contributed by atoms with E-state index in [4.69, 9.17) is 4.74 Å². The topological polar surface area (TPSA) is 59.4 Å². The number of aryl methyl sites for hydroxylation is 1. The van der Waals surface area contributed by atoms with Crippen molar-refractivity contribution in [2.75, 3.05) is 26.2 Å². The molecule has 0 bridgehead atoms. The van der Waals surface area contributed by atoms with Crippen LogP contribution in [-0.2, 0) is 11.3 Å². The van der Waals surface area contributed by atoms with E-state index in [2.05, 4.69) is 17.2 Å². The normalized spacial score (nSPS) is 19.4. The van der Waals surface area contributed by atoms with Crippen molar-refractivity contribution in [3.05, 3.63) is 18.7 Å². The van der Waals surface area contributed by atoms with E-state index in [1.54, 1.807) is 12.5 Å². The van der Waals surface area contributed by atoms with Gasteiger partial charge in [0.25, 0.3) is 0 Å². The van der Waals surface area contributed by atoms with Gasteiger partial charge in [-0.25, -0.2) is 9.78 Å². The number of rotatable bonds is 5. The van der Waals surface area contributed by atoms with Gasteiger partial charge in [-0.3, -0.25) is 0 Å². The summed E-state index contributed by atoms with van der Waals surface area (Å²) in [7, 11) is 0. The predicted octanol–water partition coefficient (Wildman–Crippen LogP) is 1.09. The molecule has 1 aromatic heterocycles. The fourth-order valence-electron chi connectivity index (χ4n) is 2.14. The quantitative estimate of drug-likeness (QED) is 0.812. The molecule has 1 aliphatic rings. The van der Waals surface area contributed by atoms with Crippen LogP contribution < -0.4 is 5.32 Å². The molecule has 19 heavy (non-hydrogen) atoms. The van der Waals surface area contributed by atoms with E-state index in [0.29, 0.717) is 26.2 Å². The number of imidazole rings is 1. The van der Waals surface area contributed by atoms with Crippen LogP contribution in [0.25, 0.3) is 0 Å². The van der Waals surface area contributed by atoms with Crippen LogP contribution in [0, 0.1) is 0 Å². The fraction of sp³-hybridized carbons (Fsp3) is 0.692. The monoisotopic (exact) mass is 266 g/mol. The zero-order chi connectivity index (χ0) is 13.5. The van der Waals surface area contributed by atoms with Crippen molar-refractivity contribution >= 4 is 6.03 Å². The second-order valence-electron chi connectivity index (χ2n) is 4.73. The summed E-state index contributed by atoms with van der Waals surface area (Å²) < 4.78 is 7.56. The molecule has 0 spiro atoms. The van der Waals surface area contributed by atoms with Crippen molar-refractivity contribution < 1.29 is 9.53 Å². The van der Waals surface area contributed by atoms with Crippen molar-refractivity contribution in [3.63, 3.8) is 0 Å². The molecule has 1 fully saturated rings. The number of urea groups is 1. The largest absolute Gasteiger partial charge is 0.375 e. The molecule has 0 radical (unpaired) electrons. The van der Waals surface area contributed by atoms with Gasteiger partial charge in [-0.1, -0.05) is 6.92 Å². The molecule has 6 heteroatoms. The summed E-state index contributed by atoms with van der Waals surface area (Å²) in [5.74, 6) is 0. The van der Waals surface area contributed by atoms with Crippen LogP contribution in [0.4, 0.5) is 4.79 Å². The number of nitrogens with one attached hydrogen (secondary N) is 1. The average Bonchev–Trinajstić information content (AvgIpc) is 2.96. The Morgan fingerprint density at radius 2 is 2.47 bits per heavy atom. The summed E-state index contributed by atoms with van der Waals surface area (Å²) in [4.78, 5) is 17.8. The maximum absolute atomic E-state index is 12.0. The first-order valence-electron chi connectivity index (χ1n) is 6.89. The van der Waals surface area contributed by atoms with Crippen molar-refractivity contribution in [1.82, 2.24) is 19.8 Å². The van der Waals surface area contributed by atoms with E-state index in [-0.39, 0.29) is 12.1 Å². The number of aromatic nitrogens is 2. The number of ether oxygens (including phenoxy) is 1. The van der Waals surface area contributed by atoms with Gasteiger partial charge in [-0.2, -0.15) is 0 Å². The van der Waals surface area contributed by atoms with Gasteiger partial charge in [-0.15, -0.1) is 0 Å². The number of morpholine rings is 1. The van der Waals surface area contributed by atoms with Gasteiger partial charge in [0.1, 0.15) is 0 Å². The van der Waals surface area contributed by atoms with E-state index < -0.39 is 0 Å². The van der Waals surface area contributed by atoms with Gasteiger partial charge < -0.3 is 19.5 Å². The molecule has 1 N–H and O–H groups in total. The molecule has 0 saturated carbocycles. The Morgan fingerprint density at radius 3 is 3.21 bits per heavy atom. The number of hydrogen-bond donors (Lipinski definition) is 1. The Morgan fingerprint density at radius 1 is 1.58 bits per heavy atom. The molecule has 1 saturated heterocycles. The molecule has 0 aromatic carbocycles. The molecular weight excluding hydrogens is 244 g/mol. The summed E-state index contributed by atoms with van der Waals surface area (Å²) >= 11 is 0. The molecule has 6 nitrogen and oxygen atoms in total. The van der Waals surface area contributed by atoms with Crippen molar-refractivity contribution in [3.8, 4) is 0 Å². The SMILES string of the molecule is CCC1CN(C(=O)NCCCn2ccnc2)CCO1. The summed E-state index contributed by atoms with van der Waals surface area (Å²) in [5, 5.41) is 2.96. The fourth-order valence-corrected chi connectivity index (χ4v) is 2.14. The van der Waals surface area contributed by atoms with E-state index in [9.17, 15) is 4.79 Å². The van der Waals surface area contributed by atoms with Gasteiger partial charge in [0, 0.05) is 38.6 Å². The van der Waals surface area contributed by atoms with E-state index >= 15 is 0 Å². The lowest BCUT2D eigenvalue weighted by Crippen LogP contribution is -2.49. The molecule has 1 aromatic rings. The Bertz CT molecular complexity index is 380. The maximum atomic E-state index is 12.0. The van der Waals surface area contributed by atoms with Crippen LogP contribution in [0.5, 0.6) is 0 Å². The van der Waals surface area contributed by atoms with Crippen LogP contribution in [0.1, 0.15) is 19.8 Å². The third-order valence-corrected chi connectivity index (χ3v) is 3.31. The smallest absolute Gasteiger partial charge is 0.317 e. The first-order chi connectivity index (χ1) is 9.29. The second-order valence-corrected chi connectivity index (χ2v) is 4.73. The van der Waals surface area contributed by atoms with Crippen molar-refractivity contribution in [2.45, 2.75) is 32.4 Å². The molecule has 1 aliphatic heterocycles. The van der Waals surface area contributed by atoms with Gasteiger partial charge in [-0.05, 0) is 12.8 Å². The summed E-state index contributed by atoms with van der Waals surface area (Å²) in [5.41, 5.74) is 0. The molecule has 106 valence electrons. The van der Waals surface area contributed by atoms with Crippen LogP contribution in [0.3, 0.4) is 0 Å². The Kier molecular flexibility index (Phi) is 5.20. The zero-order valence-electron chi connectivity index (χ0n) is 11.4. The predicted molar refractivity (Wildman–Crippen MR) is 71.8 cm³/mol. The average molecular weight is 266 g/mol. The Hall–Kier alpha value is -1.56. The van der Waals surface area contributed by atoms with E-state index in [1.807, 2.05) is 15.7 Å². The first-order valence-corrected chi connectivity index (χ1v) is 6.89. The van der Waals surface area contributed by atoms with Gasteiger partial charge in [0.05, 0.1) is 19.0 Å². The highest BCUT2D eigenvalue weighted by Crippen LogP contribution is 2.08. The number of carbonyl (C=O) groups excluding carboxylic acids is 1. The highest BCUT2D eigenvalue weighted by molar-refractivity contribution is 5.74. The van der Waals surface area contributed by atoms with Crippen LogP contribution in [-0.4, -0.2) is 52.8 Å². The molecular formula is C13H22N4O2. The van der Waals surface area contributed by atoms with Crippen LogP contribution in [0.15, 0.2) is 18.7 Å². The van der Waals surface area contributed by atoms with Gasteiger partial charge in [0.15, 0.2) is 0 Å². The third-order valence-electron chi connectivity index (χ3n) is 3.31. The van der Waals surface area contributed by atoms with E-state index in [1.165, 1.54) is 0 Å². The van der Waals surface area contributed by atoms with Crippen molar-refractivity contribution in [2.24, 2.45) is 0 Å². The zero-order valence-corrected chi connectivity index (χ0v) is 11.4.